The molecule has 1 aliphatic rings. The molecule has 1 aromatic heterocycles. The number of amides is 1. The lowest BCUT2D eigenvalue weighted by molar-refractivity contribution is -0.164. The minimum Gasteiger partial charge on any atom is -0.337 e. The minimum absolute atomic E-state index is 0.184. The van der Waals surface area contributed by atoms with Crippen molar-refractivity contribution in [3.63, 3.8) is 0 Å². The van der Waals surface area contributed by atoms with E-state index in [-0.39, 0.29) is 12.4 Å². The van der Waals surface area contributed by atoms with Gasteiger partial charge in [-0.15, -0.1) is 0 Å². The summed E-state index contributed by atoms with van der Waals surface area (Å²) in [6.45, 7) is 0.266. The zero-order valence-corrected chi connectivity index (χ0v) is 12.8. The molecule has 5 nitrogen and oxygen atoms in total. The highest BCUT2D eigenvalue weighted by atomic mass is 19.4. The van der Waals surface area contributed by atoms with Gasteiger partial charge in [0.2, 0.25) is 17.6 Å². The number of hydrogen-bond acceptors (Lipinski definition) is 4. The summed E-state index contributed by atoms with van der Waals surface area (Å²) in [5.41, 5.74) is 0.747. The van der Waals surface area contributed by atoms with Crippen LogP contribution < -0.4 is 0 Å². The van der Waals surface area contributed by atoms with Gasteiger partial charge in [0.1, 0.15) is 12.5 Å². The van der Waals surface area contributed by atoms with Crippen LogP contribution in [0.4, 0.5) is 13.2 Å². The molecule has 0 spiro atoms. The normalized spacial score (nSPS) is 18.6. The zero-order chi connectivity index (χ0) is 17.2. The van der Waals surface area contributed by atoms with Crippen LogP contribution in [0.25, 0.3) is 11.4 Å². The Balaban J connectivity index is 1.81. The van der Waals surface area contributed by atoms with Crippen LogP contribution in [0.15, 0.2) is 34.9 Å². The average Bonchev–Trinajstić information content (AvgIpc) is 3.04. The van der Waals surface area contributed by atoms with Crippen LogP contribution >= 0.6 is 0 Å². The molecule has 1 atom stereocenters. The van der Waals surface area contributed by atoms with Crippen LogP contribution in [0, 0.1) is 0 Å². The summed E-state index contributed by atoms with van der Waals surface area (Å²) >= 11 is 0. The van der Waals surface area contributed by atoms with Crippen LogP contribution in [0.3, 0.4) is 0 Å². The van der Waals surface area contributed by atoms with Gasteiger partial charge in [-0.25, -0.2) is 0 Å². The monoisotopic (exact) mass is 339 g/mol. The predicted molar refractivity (Wildman–Crippen MR) is 78.7 cm³/mol. The lowest BCUT2D eigenvalue weighted by Crippen LogP contribution is -2.40. The lowest BCUT2D eigenvalue weighted by atomic mass is 10.0. The van der Waals surface area contributed by atoms with Crippen molar-refractivity contribution in [3.8, 4) is 11.4 Å². The van der Waals surface area contributed by atoms with Gasteiger partial charge < -0.3 is 9.42 Å². The standard InChI is InChI=1S/C16H16F3N3O2/c17-16(18,19)10-13(23)22-9-5-4-8-12(22)15-20-14(21-24-15)11-6-2-1-3-7-11/h1-3,6-7,12H,4-5,8-10H2/t12-/m1/s1. The highest BCUT2D eigenvalue weighted by molar-refractivity contribution is 5.77. The smallest absolute Gasteiger partial charge is 0.337 e. The first-order valence-corrected chi connectivity index (χ1v) is 7.69. The van der Waals surface area contributed by atoms with Crippen LogP contribution in [-0.2, 0) is 4.79 Å². The Kier molecular flexibility index (Phi) is 4.55. The molecular formula is C16H16F3N3O2. The Morgan fingerprint density at radius 1 is 1.25 bits per heavy atom. The van der Waals surface area contributed by atoms with Crippen molar-refractivity contribution in [2.45, 2.75) is 37.9 Å². The Morgan fingerprint density at radius 2 is 2.00 bits per heavy atom. The van der Waals surface area contributed by atoms with E-state index in [1.165, 1.54) is 4.90 Å². The highest BCUT2D eigenvalue weighted by Crippen LogP contribution is 2.33. The SMILES string of the molecule is O=C(CC(F)(F)F)N1CCCC[C@@H]1c1nc(-c2ccccc2)no1. The van der Waals surface area contributed by atoms with E-state index in [9.17, 15) is 18.0 Å². The molecule has 0 unspecified atom stereocenters. The summed E-state index contributed by atoms with van der Waals surface area (Å²) in [6.07, 6.45) is -4.02. The molecule has 24 heavy (non-hydrogen) atoms. The Labute approximate surface area is 136 Å². The second-order valence-corrected chi connectivity index (χ2v) is 5.71. The molecule has 2 heterocycles. The molecule has 3 rings (SSSR count). The number of halogens is 3. The number of rotatable bonds is 3. The molecule has 1 fully saturated rings. The molecule has 0 N–H and O–H groups in total. The van der Waals surface area contributed by atoms with Gasteiger partial charge in [0.05, 0.1) is 0 Å². The first kappa shape index (κ1) is 16.5. The van der Waals surface area contributed by atoms with Crippen LogP contribution in [0.5, 0.6) is 0 Å². The molecule has 2 aromatic rings. The van der Waals surface area contributed by atoms with Crippen molar-refractivity contribution in [3.05, 3.63) is 36.2 Å². The largest absolute Gasteiger partial charge is 0.397 e. The quantitative estimate of drug-likeness (QED) is 0.855. The van der Waals surface area contributed by atoms with Crippen molar-refractivity contribution in [1.82, 2.24) is 15.0 Å². The molecule has 1 saturated heterocycles. The van der Waals surface area contributed by atoms with E-state index in [0.717, 1.165) is 12.0 Å². The Hall–Kier alpha value is -2.38. The van der Waals surface area contributed by atoms with Crippen LogP contribution in [0.2, 0.25) is 0 Å². The second kappa shape index (κ2) is 6.62. The van der Waals surface area contributed by atoms with E-state index >= 15 is 0 Å². The Morgan fingerprint density at radius 3 is 2.71 bits per heavy atom. The maximum absolute atomic E-state index is 12.5. The van der Waals surface area contributed by atoms with Gasteiger partial charge in [-0.2, -0.15) is 18.2 Å². The number of benzene rings is 1. The van der Waals surface area contributed by atoms with E-state index < -0.39 is 24.5 Å². The number of piperidine rings is 1. The van der Waals surface area contributed by atoms with Crippen molar-refractivity contribution < 1.29 is 22.5 Å². The van der Waals surface area contributed by atoms with Gasteiger partial charge in [-0.3, -0.25) is 4.79 Å². The maximum atomic E-state index is 12.5. The van der Waals surface area contributed by atoms with Crippen molar-refractivity contribution in [1.29, 1.82) is 0 Å². The number of likely N-dealkylation sites (tertiary alicyclic amines) is 1. The third-order valence-electron chi connectivity index (χ3n) is 3.93. The molecule has 0 radical (unpaired) electrons. The van der Waals surface area contributed by atoms with E-state index in [0.29, 0.717) is 18.7 Å². The molecular weight excluding hydrogens is 323 g/mol. The topological polar surface area (TPSA) is 59.2 Å². The minimum atomic E-state index is -4.52. The summed E-state index contributed by atoms with van der Waals surface area (Å²) < 4.78 is 42.8. The number of aromatic nitrogens is 2. The van der Waals surface area contributed by atoms with Crippen molar-refractivity contribution in [2.24, 2.45) is 0 Å². The highest BCUT2D eigenvalue weighted by Gasteiger charge is 2.38. The molecule has 0 bridgehead atoms. The summed E-state index contributed by atoms with van der Waals surface area (Å²) in [5.74, 6) is -0.407. The summed E-state index contributed by atoms with van der Waals surface area (Å²) in [6, 6.07) is 8.52. The first-order chi connectivity index (χ1) is 11.4. The molecule has 0 aliphatic carbocycles. The lowest BCUT2D eigenvalue weighted by Gasteiger charge is -2.33. The van der Waals surface area contributed by atoms with Gasteiger partial charge in [0.25, 0.3) is 0 Å². The third kappa shape index (κ3) is 3.74. The molecule has 0 saturated carbocycles. The maximum Gasteiger partial charge on any atom is 0.397 e. The fraction of sp³-hybridized carbons (Fsp3) is 0.438. The number of carbonyl (C=O) groups is 1. The van der Waals surface area contributed by atoms with Gasteiger partial charge in [0.15, 0.2) is 0 Å². The van der Waals surface area contributed by atoms with E-state index in [4.69, 9.17) is 4.52 Å². The third-order valence-corrected chi connectivity index (χ3v) is 3.93. The second-order valence-electron chi connectivity index (χ2n) is 5.71. The summed E-state index contributed by atoms with van der Waals surface area (Å²) in [7, 11) is 0. The van der Waals surface area contributed by atoms with E-state index in [1.807, 2.05) is 30.3 Å². The predicted octanol–water partition coefficient (Wildman–Crippen LogP) is 3.74. The number of hydrogen-bond donors (Lipinski definition) is 0. The summed E-state index contributed by atoms with van der Waals surface area (Å²) in [5, 5.41) is 3.88. The average molecular weight is 339 g/mol. The fourth-order valence-electron chi connectivity index (χ4n) is 2.83. The molecule has 1 amide bonds. The van der Waals surface area contributed by atoms with Gasteiger partial charge in [0, 0.05) is 12.1 Å². The number of alkyl halides is 3. The molecule has 8 heteroatoms. The number of carbonyl (C=O) groups excluding carboxylic acids is 1. The molecule has 1 aromatic carbocycles. The molecule has 128 valence electrons. The van der Waals surface area contributed by atoms with Crippen molar-refractivity contribution >= 4 is 5.91 Å². The van der Waals surface area contributed by atoms with E-state index in [2.05, 4.69) is 10.1 Å². The molecule has 1 aliphatic heterocycles. The first-order valence-electron chi connectivity index (χ1n) is 7.69. The van der Waals surface area contributed by atoms with Gasteiger partial charge in [-0.05, 0) is 19.3 Å². The van der Waals surface area contributed by atoms with Gasteiger partial charge >= 0.3 is 6.18 Å². The van der Waals surface area contributed by atoms with Crippen LogP contribution in [0.1, 0.15) is 37.6 Å². The fourth-order valence-corrected chi connectivity index (χ4v) is 2.83. The summed E-state index contributed by atoms with van der Waals surface area (Å²) in [4.78, 5) is 17.5. The Bertz CT molecular complexity index is 700. The van der Waals surface area contributed by atoms with Gasteiger partial charge in [-0.1, -0.05) is 35.5 Å². The van der Waals surface area contributed by atoms with Crippen molar-refractivity contribution in [2.75, 3.05) is 6.54 Å². The van der Waals surface area contributed by atoms with E-state index in [1.54, 1.807) is 0 Å². The number of nitrogens with zero attached hydrogens (tertiary/aromatic N) is 3. The zero-order valence-electron chi connectivity index (χ0n) is 12.8. The van der Waals surface area contributed by atoms with Crippen LogP contribution in [-0.4, -0.2) is 33.7 Å².